The summed E-state index contributed by atoms with van der Waals surface area (Å²) >= 11 is 0. The molecule has 0 saturated heterocycles. The van der Waals surface area contributed by atoms with E-state index in [0.29, 0.717) is 0 Å². The number of rotatable bonds is 3. The normalized spacial score (nSPS) is 12.1. The van der Waals surface area contributed by atoms with Crippen molar-refractivity contribution < 1.29 is 8.42 Å². The van der Waals surface area contributed by atoms with Crippen molar-refractivity contribution >= 4 is 20.9 Å². The Hall–Kier alpha value is -1.56. The fourth-order valence-electron chi connectivity index (χ4n) is 1.84. The molecular weight excluding hydrogens is 240 g/mol. The molecule has 6 heteroatoms. The van der Waals surface area contributed by atoms with Gasteiger partial charge in [0.25, 0.3) is 0 Å². The van der Waals surface area contributed by atoms with Gasteiger partial charge >= 0.3 is 5.69 Å². The third-order valence-corrected chi connectivity index (χ3v) is 3.66. The summed E-state index contributed by atoms with van der Waals surface area (Å²) in [7, 11) is -1.39. The highest BCUT2D eigenvalue weighted by Gasteiger charge is 2.11. The Bertz CT molecular complexity index is 710. The summed E-state index contributed by atoms with van der Waals surface area (Å²) in [4.78, 5) is 11.9. The molecule has 0 saturated carbocycles. The number of aromatic nitrogens is 2. The molecule has 2 rings (SSSR count). The SMILES string of the molecule is Cn1c(=O)n(CCS(C)(=O)=O)c2ccccc21. The van der Waals surface area contributed by atoms with Crippen LogP contribution in [0.5, 0.6) is 0 Å². The minimum atomic E-state index is -3.07. The van der Waals surface area contributed by atoms with Crippen LogP contribution >= 0.6 is 0 Å². The van der Waals surface area contributed by atoms with E-state index >= 15 is 0 Å². The summed E-state index contributed by atoms with van der Waals surface area (Å²) in [6, 6.07) is 7.34. The second kappa shape index (κ2) is 4.03. The Morgan fingerprint density at radius 3 is 2.35 bits per heavy atom. The summed E-state index contributed by atoms with van der Waals surface area (Å²) < 4.78 is 25.3. The molecule has 0 aliphatic heterocycles. The van der Waals surface area contributed by atoms with Gasteiger partial charge in [-0.3, -0.25) is 9.13 Å². The number of fused-ring (bicyclic) bond motifs is 1. The van der Waals surface area contributed by atoms with Gasteiger partial charge in [-0.2, -0.15) is 0 Å². The van der Waals surface area contributed by atoms with Crippen LogP contribution in [0.15, 0.2) is 29.1 Å². The molecule has 0 spiro atoms. The summed E-state index contributed by atoms with van der Waals surface area (Å²) in [5.74, 6) is -0.0269. The first kappa shape index (κ1) is 11.9. The average Bonchev–Trinajstić information content (AvgIpc) is 2.49. The van der Waals surface area contributed by atoms with E-state index in [1.165, 1.54) is 15.4 Å². The molecule has 0 bridgehead atoms. The quantitative estimate of drug-likeness (QED) is 0.795. The number of hydrogen-bond acceptors (Lipinski definition) is 3. The van der Waals surface area contributed by atoms with Gasteiger partial charge in [0.15, 0.2) is 0 Å². The highest BCUT2D eigenvalue weighted by molar-refractivity contribution is 7.90. The number of para-hydroxylation sites is 2. The molecule has 92 valence electrons. The number of imidazole rings is 1. The Balaban J connectivity index is 2.54. The molecule has 2 aromatic rings. The molecule has 1 aromatic heterocycles. The molecule has 0 aliphatic carbocycles. The Morgan fingerprint density at radius 2 is 1.76 bits per heavy atom. The maximum absolute atomic E-state index is 11.9. The lowest BCUT2D eigenvalue weighted by molar-refractivity contribution is 0.593. The van der Waals surface area contributed by atoms with Gasteiger partial charge < -0.3 is 0 Å². The van der Waals surface area contributed by atoms with Crippen molar-refractivity contribution in [2.45, 2.75) is 6.54 Å². The molecule has 0 atom stereocenters. The Kier molecular flexibility index (Phi) is 2.82. The zero-order valence-corrected chi connectivity index (χ0v) is 10.6. The van der Waals surface area contributed by atoms with Gasteiger partial charge in [0, 0.05) is 19.8 Å². The molecule has 0 fully saturated rings. The van der Waals surface area contributed by atoms with Crippen LogP contribution in [0.25, 0.3) is 11.0 Å². The number of hydrogen-bond donors (Lipinski definition) is 0. The van der Waals surface area contributed by atoms with E-state index in [9.17, 15) is 13.2 Å². The minimum Gasteiger partial charge on any atom is -0.295 e. The smallest absolute Gasteiger partial charge is 0.295 e. The lowest BCUT2D eigenvalue weighted by Gasteiger charge is -2.01. The van der Waals surface area contributed by atoms with Crippen molar-refractivity contribution in [1.29, 1.82) is 0 Å². The van der Waals surface area contributed by atoms with Crippen LogP contribution < -0.4 is 5.69 Å². The van der Waals surface area contributed by atoms with Gasteiger partial charge in [-0.05, 0) is 12.1 Å². The molecule has 0 aliphatic rings. The molecule has 5 nitrogen and oxygen atoms in total. The second-order valence-corrected chi connectivity index (χ2v) is 6.37. The van der Waals surface area contributed by atoms with E-state index in [4.69, 9.17) is 0 Å². The Labute approximate surface area is 99.2 Å². The lowest BCUT2D eigenvalue weighted by atomic mass is 10.3. The van der Waals surface area contributed by atoms with Gasteiger partial charge in [0.05, 0.1) is 16.8 Å². The first-order valence-electron chi connectivity index (χ1n) is 5.22. The molecule has 0 unspecified atom stereocenters. The van der Waals surface area contributed by atoms with E-state index < -0.39 is 9.84 Å². The van der Waals surface area contributed by atoms with Crippen molar-refractivity contribution in [2.24, 2.45) is 7.05 Å². The number of sulfone groups is 1. The number of nitrogens with zero attached hydrogens (tertiary/aromatic N) is 2. The number of aryl methyl sites for hydroxylation is 2. The van der Waals surface area contributed by atoms with Crippen molar-refractivity contribution in [2.75, 3.05) is 12.0 Å². The van der Waals surface area contributed by atoms with Crippen LogP contribution in [0.3, 0.4) is 0 Å². The monoisotopic (exact) mass is 254 g/mol. The van der Waals surface area contributed by atoms with E-state index in [-0.39, 0.29) is 18.0 Å². The lowest BCUT2D eigenvalue weighted by Crippen LogP contribution is -2.25. The van der Waals surface area contributed by atoms with E-state index in [1.807, 2.05) is 24.3 Å². The van der Waals surface area contributed by atoms with Crippen LogP contribution in [0, 0.1) is 0 Å². The molecule has 0 radical (unpaired) electrons. The first-order chi connectivity index (χ1) is 7.90. The van der Waals surface area contributed by atoms with E-state index in [1.54, 1.807) is 7.05 Å². The van der Waals surface area contributed by atoms with Gasteiger partial charge in [0.2, 0.25) is 0 Å². The molecular formula is C11H14N2O3S. The maximum atomic E-state index is 11.9. The highest BCUT2D eigenvalue weighted by atomic mass is 32.2. The molecule has 17 heavy (non-hydrogen) atoms. The zero-order chi connectivity index (χ0) is 12.6. The zero-order valence-electron chi connectivity index (χ0n) is 9.75. The third-order valence-electron chi connectivity index (χ3n) is 2.74. The van der Waals surface area contributed by atoms with Gasteiger partial charge in [-0.25, -0.2) is 13.2 Å². The van der Waals surface area contributed by atoms with Crippen LogP contribution in [-0.2, 0) is 23.4 Å². The predicted molar refractivity (Wildman–Crippen MR) is 66.9 cm³/mol. The Morgan fingerprint density at radius 1 is 1.18 bits per heavy atom. The second-order valence-electron chi connectivity index (χ2n) is 4.11. The van der Waals surface area contributed by atoms with Crippen molar-refractivity contribution in [3.8, 4) is 0 Å². The summed E-state index contributed by atoms with van der Waals surface area (Å²) in [6.07, 6.45) is 1.17. The van der Waals surface area contributed by atoms with Crippen LogP contribution in [-0.4, -0.2) is 29.6 Å². The van der Waals surface area contributed by atoms with Crippen LogP contribution in [0.2, 0.25) is 0 Å². The van der Waals surface area contributed by atoms with Gasteiger partial charge in [-0.15, -0.1) is 0 Å². The van der Waals surface area contributed by atoms with E-state index in [2.05, 4.69) is 0 Å². The fourth-order valence-corrected chi connectivity index (χ4v) is 2.35. The topological polar surface area (TPSA) is 61.1 Å². The first-order valence-corrected chi connectivity index (χ1v) is 7.28. The van der Waals surface area contributed by atoms with Crippen LogP contribution in [0.1, 0.15) is 0 Å². The summed E-state index contributed by atoms with van der Waals surface area (Å²) in [5, 5.41) is 0. The van der Waals surface area contributed by atoms with Gasteiger partial charge in [0.1, 0.15) is 9.84 Å². The maximum Gasteiger partial charge on any atom is 0.328 e. The van der Waals surface area contributed by atoms with E-state index in [0.717, 1.165) is 11.0 Å². The van der Waals surface area contributed by atoms with Crippen LogP contribution in [0.4, 0.5) is 0 Å². The van der Waals surface area contributed by atoms with Crippen molar-refractivity contribution in [3.63, 3.8) is 0 Å². The molecule has 1 heterocycles. The predicted octanol–water partition coefficient (Wildman–Crippen LogP) is 0.385. The largest absolute Gasteiger partial charge is 0.328 e. The van der Waals surface area contributed by atoms with Crippen molar-refractivity contribution in [1.82, 2.24) is 9.13 Å². The molecule has 0 N–H and O–H groups in total. The third kappa shape index (κ3) is 2.26. The fraction of sp³-hybridized carbons (Fsp3) is 0.364. The standard InChI is InChI=1S/C11H14N2O3S/c1-12-9-5-3-4-6-10(9)13(11(12)14)7-8-17(2,15)16/h3-6H,7-8H2,1-2H3. The minimum absolute atomic E-state index is 0.0269. The summed E-state index contributed by atoms with van der Waals surface area (Å²) in [6.45, 7) is 0.193. The number of benzene rings is 1. The highest BCUT2D eigenvalue weighted by Crippen LogP contribution is 2.11. The van der Waals surface area contributed by atoms with Crippen molar-refractivity contribution in [3.05, 3.63) is 34.7 Å². The molecule has 1 aromatic carbocycles. The summed E-state index contributed by atoms with van der Waals surface area (Å²) in [5.41, 5.74) is 1.39. The molecule has 0 amide bonds. The average molecular weight is 254 g/mol. The van der Waals surface area contributed by atoms with Gasteiger partial charge in [-0.1, -0.05) is 12.1 Å².